The largest absolute Gasteiger partial charge is 0.480 e. The molecule has 2 aromatic heterocycles. The summed E-state index contributed by atoms with van der Waals surface area (Å²) in [5.74, 6) is -0.791. The normalized spacial score (nSPS) is 12.8. The Labute approximate surface area is 118 Å². The number of fused-ring (bicyclic) bond motifs is 1. The second-order valence-electron chi connectivity index (χ2n) is 5.25. The number of carboxylic acids is 1. The average Bonchev–Trinajstić information content (AvgIpc) is 2.38. The monoisotopic (exact) mass is 273 g/mol. The van der Waals surface area contributed by atoms with Crippen LogP contribution in [0.5, 0.6) is 0 Å². The second kappa shape index (κ2) is 5.96. The van der Waals surface area contributed by atoms with Crippen molar-refractivity contribution in [1.29, 1.82) is 0 Å². The number of rotatable bonds is 5. The third-order valence-corrected chi connectivity index (χ3v) is 3.30. The summed E-state index contributed by atoms with van der Waals surface area (Å²) >= 11 is 0. The number of carboxylic acid groups (broad SMARTS) is 1. The summed E-state index contributed by atoms with van der Waals surface area (Å²) in [5, 5.41) is 13.2. The van der Waals surface area contributed by atoms with Crippen LogP contribution >= 0.6 is 0 Å². The Bertz CT molecular complexity index is 626. The zero-order valence-electron chi connectivity index (χ0n) is 11.9. The van der Waals surface area contributed by atoms with Gasteiger partial charge in [0.25, 0.3) is 0 Å². The molecule has 2 heterocycles. The number of aryl methyl sites for hydroxylation is 1. The molecule has 0 saturated heterocycles. The Morgan fingerprint density at radius 1 is 1.40 bits per heavy atom. The highest BCUT2D eigenvalue weighted by Crippen LogP contribution is 2.15. The lowest BCUT2D eigenvalue weighted by Crippen LogP contribution is -2.40. The minimum Gasteiger partial charge on any atom is -0.480 e. The van der Waals surface area contributed by atoms with Crippen LogP contribution in [0.25, 0.3) is 10.9 Å². The van der Waals surface area contributed by atoms with Gasteiger partial charge in [-0.3, -0.25) is 14.8 Å². The van der Waals surface area contributed by atoms with Crippen LogP contribution < -0.4 is 5.32 Å². The van der Waals surface area contributed by atoms with Crippen molar-refractivity contribution < 1.29 is 9.90 Å². The van der Waals surface area contributed by atoms with Crippen LogP contribution in [0.2, 0.25) is 0 Å². The molecule has 5 heteroatoms. The number of carbonyl (C=O) groups is 1. The van der Waals surface area contributed by atoms with Crippen LogP contribution in [-0.2, 0) is 11.3 Å². The minimum atomic E-state index is -0.825. The first-order chi connectivity index (χ1) is 9.49. The quantitative estimate of drug-likeness (QED) is 0.873. The predicted molar refractivity (Wildman–Crippen MR) is 77.4 cm³/mol. The van der Waals surface area contributed by atoms with Crippen molar-refractivity contribution in [2.75, 3.05) is 0 Å². The summed E-state index contributed by atoms with van der Waals surface area (Å²) in [6, 6.07) is 3.38. The maximum absolute atomic E-state index is 11.1. The number of aliphatic carboxylic acids is 1. The van der Waals surface area contributed by atoms with E-state index in [1.807, 2.05) is 32.9 Å². The molecule has 0 saturated carbocycles. The number of nitrogens with zero attached hydrogens (tertiary/aromatic N) is 2. The fraction of sp³-hybridized carbons (Fsp3) is 0.400. The molecule has 0 aliphatic rings. The predicted octanol–water partition coefficient (Wildman–Crippen LogP) is 2.14. The van der Waals surface area contributed by atoms with Gasteiger partial charge in [-0.15, -0.1) is 0 Å². The third-order valence-electron chi connectivity index (χ3n) is 3.30. The van der Waals surface area contributed by atoms with Crippen molar-refractivity contribution in [1.82, 2.24) is 15.3 Å². The van der Waals surface area contributed by atoms with Crippen LogP contribution in [-0.4, -0.2) is 27.1 Å². The van der Waals surface area contributed by atoms with Gasteiger partial charge >= 0.3 is 5.97 Å². The molecule has 0 bridgehead atoms. The smallest absolute Gasteiger partial charge is 0.320 e. The highest BCUT2D eigenvalue weighted by Gasteiger charge is 2.20. The van der Waals surface area contributed by atoms with Crippen molar-refractivity contribution in [2.24, 2.45) is 5.92 Å². The number of hydrogen-bond donors (Lipinski definition) is 2. The molecule has 2 N–H and O–H groups in total. The van der Waals surface area contributed by atoms with Crippen LogP contribution in [0, 0.1) is 12.8 Å². The molecule has 0 amide bonds. The Morgan fingerprint density at radius 3 is 2.80 bits per heavy atom. The molecule has 0 aliphatic carbocycles. The van der Waals surface area contributed by atoms with E-state index in [1.165, 1.54) is 0 Å². The van der Waals surface area contributed by atoms with Crippen molar-refractivity contribution in [3.05, 3.63) is 35.8 Å². The van der Waals surface area contributed by atoms with E-state index in [0.717, 1.165) is 22.2 Å². The zero-order chi connectivity index (χ0) is 14.7. The van der Waals surface area contributed by atoms with E-state index in [-0.39, 0.29) is 5.92 Å². The molecule has 0 spiro atoms. The first-order valence-corrected chi connectivity index (χ1v) is 6.65. The summed E-state index contributed by atoms with van der Waals surface area (Å²) in [4.78, 5) is 19.7. The SMILES string of the molecule is Cc1nccc2cc(CNC(C(=O)O)C(C)C)cnc12. The topological polar surface area (TPSA) is 75.1 Å². The van der Waals surface area contributed by atoms with Crippen molar-refractivity contribution in [3.8, 4) is 0 Å². The van der Waals surface area contributed by atoms with Crippen LogP contribution in [0.4, 0.5) is 0 Å². The summed E-state index contributed by atoms with van der Waals surface area (Å²) < 4.78 is 0. The minimum absolute atomic E-state index is 0.0346. The molecular weight excluding hydrogens is 254 g/mol. The van der Waals surface area contributed by atoms with Gasteiger partial charge in [-0.1, -0.05) is 13.8 Å². The molecule has 1 unspecified atom stereocenters. The van der Waals surface area contributed by atoms with Gasteiger partial charge in [-0.25, -0.2) is 0 Å². The number of hydrogen-bond acceptors (Lipinski definition) is 4. The maximum Gasteiger partial charge on any atom is 0.320 e. The van der Waals surface area contributed by atoms with Crippen molar-refractivity contribution >= 4 is 16.9 Å². The molecular formula is C15H19N3O2. The van der Waals surface area contributed by atoms with E-state index in [0.29, 0.717) is 6.54 Å². The Morgan fingerprint density at radius 2 is 2.15 bits per heavy atom. The fourth-order valence-corrected chi connectivity index (χ4v) is 2.18. The van der Waals surface area contributed by atoms with Gasteiger partial charge in [0.05, 0.1) is 11.2 Å². The average molecular weight is 273 g/mol. The number of aromatic nitrogens is 2. The molecule has 106 valence electrons. The Balaban J connectivity index is 2.16. The molecule has 0 aliphatic heterocycles. The van der Waals surface area contributed by atoms with Gasteiger partial charge < -0.3 is 10.4 Å². The highest BCUT2D eigenvalue weighted by molar-refractivity contribution is 5.80. The van der Waals surface area contributed by atoms with Crippen LogP contribution in [0.3, 0.4) is 0 Å². The molecule has 1 atom stereocenters. The Hall–Kier alpha value is -2.01. The molecule has 0 radical (unpaired) electrons. The molecule has 2 rings (SSSR count). The van der Waals surface area contributed by atoms with Crippen molar-refractivity contribution in [3.63, 3.8) is 0 Å². The van der Waals surface area contributed by atoms with E-state index >= 15 is 0 Å². The molecule has 0 aromatic carbocycles. The van der Waals surface area contributed by atoms with Crippen LogP contribution in [0.1, 0.15) is 25.1 Å². The fourth-order valence-electron chi connectivity index (χ4n) is 2.18. The molecule has 2 aromatic rings. The van der Waals surface area contributed by atoms with Gasteiger partial charge in [0, 0.05) is 24.3 Å². The maximum atomic E-state index is 11.1. The van der Waals surface area contributed by atoms with Gasteiger partial charge in [0.15, 0.2) is 0 Å². The molecule has 5 nitrogen and oxygen atoms in total. The zero-order valence-corrected chi connectivity index (χ0v) is 11.9. The van der Waals surface area contributed by atoms with Crippen LogP contribution in [0.15, 0.2) is 24.5 Å². The highest BCUT2D eigenvalue weighted by atomic mass is 16.4. The van der Waals surface area contributed by atoms with Gasteiger partial charge in [-0.05, 0) is 30.5 Å². The summed E-state index contributed by atoms with van der Waals surface area (Å²) in [7, 11) is 0. The van der Waals surface area contributed by atoms with E-state index in [9.17, 15) is 4.79 Å². The summed E-state index contributed by atoms with van der Waals surface area (Å²) in [6.45, 7) is 6.19. The lowest BCUT2D eigenvalue weighted by Gasteiger charge is -2.17. The van der Waals surface area contributed by atoms with E-state index < -0.39 is 12.0 Å². The first kappa shape index (κ1) is 14.4. The Kier molecular flexibility index (Phi) is 4.29. The van der Waals surface area contributed by atoms with E-state index in [1.54, 1.807) is 12.4 Å². The standard InChI is InChI=1S/C15H19N3O2/c1-9(2)13(15(19)20)17-7-11-6-12-4-5-16-10(3)14(12)18-8-11/h4-6,8-9,13,17H,7H2,1-3H3,(H,19,20). The summed E-state index contributed by atoms with van der Waals surface area (Å²) in [5.41, 5.74) is 2.75. The third kappa shape index (κ3) is 3.11. The molecule has 0 fully saturated rings. The molecule has 20 heavy (non-hydrogen) atoms. The van der Waals surface area contributed by atoms with Gasteiger partial charge in [0.1, 0.15) is 6.04 Å². The lowest BCUT2D eigenvalue weighted by molar-refractivity contribution is -0.140. The van der Waals surface area contributed by atoms with Crippen molar-refractivity contribution in [2.45, 2.75) is 33.4 Å². The second-order valence-corrected chi connectivity index (χ2v) is 5.25. The van der Waals surface area contributed by atoms with E-state index in [4.69, 9.17) is 5.11 Å². The van der Waals surface area contributed by atoms with Gasteiger partial charge in [-0.2, -0.15) is 0 Å². The van der Waals surface area contributed by atoms with E-state index in [2.05, 4.69) is 15.3 Å². The lowest BCUT2D eigenvalue weighted by atomic mass is 10.0. The first-order valence-electron chi connectivity index (χ1n) is 6.65. The number of nitrogens with one attached hydrogen (secondary N) is 1. The summed E-state index contributed by atoms with van der Waals surface area (Å²) in [6.07, 6.45) is 3.52. The van der Waals surface area contributed by atoms with Gasteiger partial charge in [0.2, 0.25) is 0 Å². The number of pyridine rings is 2.